The summed E-state index contributed by atoms with van der Waals surface area (Å²) in [6.45, 7) is 3.26. The molecule has 1 N–H and O–H groups in total. The standard InChI is InChI=1S/C23H25FN6O3/c1-15(31)25-13-18-14-29(23(32)33-18)17-6-7-22(19(24)12-17)28-10-8-16(9-11-28)30-26-20-4-2-3-5-21(20)27-30/h2-7,12,16,18H,8-11,13-14H2,1H3,(H,25,31). The van der Waals surface area contributed by atoms with Crippen LogP contribution in [0.3, 0.4) is 0 Å². The van der Waals surface area contributed by atoms with Gasteiger partial charge in [-0.25, -0.2) is 9.18 Å². The fraction of sp³-hybridized carbons (Fsp3) is 0.391. The first-order valence-corrected chi connectivity index (χ1v) is 11.1. The average molecular weight is 452 g/mol. The Morgan fingerprint density at radius 3 is 2.48 bits per heavy atom. The van der Waals surface area contributed by atoms with Crippen molar-refractivity contribution in [3.8, 4) is 0 Å². The number of nitrogens with zero attached hydrogens (tertiary/aromatic N) is 5. The Hall–Kier alpha value is -3.69. The topological polar surface area (TPSA) is 92.6 Å². The second kappa shape index (κ2) is 8.68. The van der Waals surface area contributed by atoms with E-state index in [1.807, 2.05) is 29.2 Å². The van der Waals surface area contributed by atoms with Crippen LogP contribution in [0.1, 0.15) is 25.8 Å². The molecule has 2 amide bonds. The third-order valence-corrected chi connectivity index (χ3v) is 6.13. The molecule has 172 valence electrons. The van der Waals surface area contributed by atoms with Crippen LogP contribution < -0.4 is 15.1 Å². The Morgan fingerprint density at radius 1 is 1.15 bits per heavy atom. The Balaban J connectivity index is 1.23. The minimum atomic E-state index is -0.544. The van der Waals surface area contributed by atoms with Gasteiger partial charge in [-0.05, 0) is 43.2 Å². The van der Waals surface area contributed by atoms with Gasteiger partial charge in [-0.1, -0.05) is 12.1 Å². The fourth-order valence-electron chi connectivity index (χ4n) is 4.39. The van der Waals surface area contributed by atoms with Gasteiger partial charge in [-0.2, -0.15) is 15.0 Å². The van der Waals surface area contributed by atoms with E-state index >= 15 is 4.39 Å². The summed E-state index contributed by atoms with van der Waals surface area (Å²) in [6.07, 6.45) is 0.616. The summed E-state index contributed by atoms with van der Waals surface area (Å²) >= 11 is 0. The van der Waals surface area contributed by atoms with Gasteiger partial charge in [-0.3, -0.25) is 9.69 Å². The number of halogens is 1. The van der Waals surface area contributed by atoms with Crippen LogP contribution in [0.15, 0.2) is 42.5 Å². The molecule has 5 rings (SSSR count). The smallest absolute Gasteiger partial charge is 0.414 e. The van der Waals surface area contributed by atoms with Crippen molar-refractivity contribution in [3.05, 3.63) is 48.3 Å². The molecule has 2 saturated heterocycles. The van der Waals surface area contributed by atoms with Crippen LogP contribution in [0.2, 0.25) is 0 Å². The van der Waals surface area contributed by atoms with Crippen LogP contribution in [0.25, 0.3) is 11.0 Å². The maximum Gasteiger partial charge on any atom is 0.414 e. The number of aromatic nitrogens is 3. The number of hydrogen-bond acceptors (Lipinski definition) is 6. The number of cyclic esters (lactones) is 1. The normalized spacial score (nSPS) is 19.2. The number of carbonyl (C=O) groups is 2. The first kappa shape index (κ1) is 21.2. The molecule has 1 unspecified atom stereocenters. The number of hydrogen-bond donors (Lipinski definition) is 1. The number of benzene rings is 2. The summed E-state index contributed by atoms with van der Waals surface area (Å²) in [4.78, 5) is 28.5. The molecule has 0 saturated carbocycles. The molecule has 0 radical (unpaired) electrons. The molecule has 9 nitrogen and oxygen atoms in total. The molecule has 10 heteroatoms. The largest absolute Gasteiger partial charge is 0.442 e. The number of amides is 2. The highest BCUT2D eigenvalue weighted by Gasteiger charge is 2.33. The SMILES string of the molecule is CC(=O)NCC1CN(c2ccc(N3CCC(n4nc5ccccc5n4)CC3)c(F)c2)C(=O)O1. The van der Waals surface area contributed by atoms with Crippen LogP contribution in [-0.4, -0.2) is 59.3 Å². The molecule has 1 aromatic heterocycles. The third kappa shape index (κ3) is 4.33. The quantitative estimate of drug-likeness (QED) is 0.640. The highest BCUT2D eigenvalue weighted by atomic mass is 19.1. The van der Waals surface area contributed by atoms with Crippen LogP contribution in [0.4, 0.5) is 20.6 Å². The number of ether oxygens (including phenoxy) is 1. The molecule has 0 aliphatic carbocycles. The van der Waals surface area contributed by atoms with Crippen molar-refractivity contribution < 1.29 is 18.7 Å². The Labute approximate surface area is 190 Å². The monoisotopic (exact) mass is 452 g/mol. The van der Waals surface area contributed by atoms with Crippen LogP contribution in [0, 0.1) is 5.82 Å². The van der Waals surface area contributed by atoms with Gasteiger partial charge in [0.05, 0.1) is 30.5 Å². The molecule has 1 atom stereocenters. The van der Waals surface area contributed by atoms with Crippen molar-refractivity contribution in [2.24, 2.45) is 0 Å². The van der Waals surface area contributed by atoms with Gasteiger partial charge in [0.1, 0.15) is 23.0 Å². The minimum absolute atomic E-state index is 0.177. The summed E-state index contributed by atoms with van der Waals surface area (Å²) in [5.41, 5.74) is 2.70. The van der Waals surface area contributed by atoms with E-state index in [4.69, 9.17) is 4.74 Å². The number of carbonyl (C=O) groups excluding carboxylic acids is 2. The second-order valence-corrected chi connectivity index (χ2v) is 8.42. The summed E-state index contributed by atoms with van der Waals surface area (Å²) in [5.74, 6) is -0.577. The molecule has 2 aliphatic rings. The van der Waals surface area contributed by atoms with Crippen molar-refractivity contribution in [1.29, 1.82) is 0 Å². The van der Waals surface area contributed by atoms with Gasteiger partial charge in [0, 0.05) is 20.0 Å². The van der Waals surface area contributed by atoms with E-state index in [-0.39, 0.29) is 30.9 Å². The van der Waals surface area contributed by atoms with Gasteiger partial charge in [0.25, 0.3) is 0 Å². The van der Waals surface area contributed by atoms with Crippen molar-refractivity contribution in [2.45, 2.75) is 31.9 Å². The predicted octanol–water partition coefficient (Wildman–Crippen LogP) is 2.87. The van der Waals surface area contributed by atoms with E-state index in [2.05, 4.69) is 15.5 Å². The maximum absolute atomic E-state index is 15.0. The number of piperidine rings is 1. The van der Waals surface area contributed by atoms with Gasteiger partial charge in [0.2, 0.25) is 5.91 Å². The lowest BCUT2D eigenvalue weighted by atomic mass is 10.0. The molecular weight excluding hydrogens is 427 g/mol. The Kier molecular flexibility index (Phi) is 5.57. The molecular formula is C23H25FN6O3. The molecule has 33 heavy (non-hydrogen) atoms. The van der Waals surface area contributed by atoms with Gasteiger partial charge >= 0.3 is 6.09 Å². The van der Waals surface area contributed by atoms with Crippen LogP contribution in [-0.2, 0) is 9.53 Å². The Bertz CT molecular complexity index is 1160. The Morgan fingerprint density at radius 2 is 1.85 bits per heavy atom. The summed E-state index contributed by atoms with van der Waals surface area (Å²) in [7, 11) is 0. The molecule has 2 aromatic carbocycles. The highest BCUT2D eigenvalue weighted by molar-refractivity contribution is 5.90. The minimum Gasteiger partial charge on any atom is -0.442 e. The molecule has 0 bridgehead atoms. The fourth-order valence-corrected chi connectivity index (χ4v) is 4.39. The summed E-state index contributed by atoms with van der Waals surface area (Å²) in [6, 6.07) is 12.8. The molecule has 2 fully saturated rings. The zero-order chi connectivity index (χ0) is 22.9. The predicted molar refractivity (Wildman–Crippen MR) is 121 cm³/mol. The van der Waals surface area contributed by atoms with Gasteiger partial charge in [0.15, 0.2) is 0 Å². The van der Waals surface area contributed by atoms with Crippen molar-refractivity contribution >= 4 is 34.4 Å². The van der Waals surface area contributed by atoms with E-state index in [0.29, 0.717) is 24.5 Å². The first-order valence-electron chi connectivity index (χ1n) is 11.1. The summed E-state index contributed by atoms with van der Waals surface area (Å²) in [5, 5.41) is 11.8. The van der Waals surface area contributed by atoms with Gasteiger partial charge in [-0.15, -0.1) is 0 Å². The highest BCUT2D eigenvalue weighted by Crippen LogP contribution is 2.31. The molecule has 2 aliphatic heterocycles. The van der Waals surface area contributed by atoms with Crippen molar-refractivity contribution in [3.63, 3.8) is 0 Å². The lowest BCUT2D eigenvalue weighted by Gasteiger charge is -2.33. The summed E-state index contributed by atoms with van der Waals surface area (Å²) < 4.78 is 20.3. The van der Waals surface area contributed by atoms with E-state index in [1.54, 1.807) is 16.9 Å². The van der Waals surface area contributed by atoms with Crippen LogP contribution >= 0.6 is 0 Å². The van der Waals surface area contributed by atoms with E-state index in [0.717, 1.165) is 23.9 Å². The lowest BCUT2D eigenvalue weighted by Crippen LogP contribution is -2.36. The van der Waals surface area contributed by atoms with E-state index in [9.17, 15) is 9.59 Å². The third-order valence-electron chi connectivity index (χ3n) is 6.13. The first-order chi connectivity index (χ1) is 16.0. The average Bonchev–Trinajstić information content (AvgIpc) is 3.41. The van der Waals surface area contributed by atoms with Crippen molar-refractivity contribution in [2.75, 3.05) is 36.0 Å². The molecule has 0 spiro atoms. The number of nitrogens with one attached hydrogen (secondary N) is 1. The zero-order valence-electron chi connectivity index (χ0n) is 18.3. The maximum atomic E-state index is 15.0. The van der Waals surface area contributed by atoms with E-state index in [1.165, 1.54) is 17.9 Å². The van der Waals surface area contributed by atoms with Gasteiger partial charge < -0.3 is 15.0 Å². The number of rotatable bonds is 5. The molecule has 3 aromatic rings. The molecule has 3 heterocycles. The van der Waals surface area contributed by atoms with E-state index < -0.39 is 12.2 Å². The zero-order valence-corrected chi connectivity index (χ0v) is 18.3. The number of anilines is 2. The van der Waals surface area contributed by atoms with Crippen molar-refractivity contribution in [1.82, 2.24) is 20.3 Å². The van der Waals surface area contributed by atoms with Crippen LogP contribution in [0.5, 0.6) is 0 Å². The number of fused-ring (bicyclic) bond motifs is 1. The second-order valence-electron chi connectivity index (χ2n) is 8.42. The lowest BCUT2D eigenvalue weighted by molar-refractivity contribution is -0.119.